The molecule has 2 aromatic rings. The zero-order valence-corrected chi connectivity index (χ0v) is 15.0. The van der Waals surface area contributed by atoms with Crippen LogP contribution in [-0.2, 0) is 16.8 Å². The highest BCUT2D eigenvalue weighted by Crippen LogP contribution is 2.43. The van der Waals surface area contributed by atoms with E-state index in [1.165, 1.54) is 31.4 Å². The van der Waals surface area contributed by atoms with Crippen molar-refractivity contribution in [1.82, 2.24) is 6.15 Å². The van der Waals surface area contributed by atoms with E-state index in [2.05, 4.69) is 4.18 Å². The lowest BCUT2D eigenvalue weighted by atomic mass is 9.94. The van der Waals surface area contributed by atoms with Crippen LogP contribution in [0, 0.1) is 0 Å². The Morgan fingerprint density at radius 2 is 1.85 bits per heavy atom. The molecule has 0 bridgehead atoms. The summed E-state index contributed by atoms with van der Waals surface area (Å²) in [7, 11) is -3.39. The summed E-state index contributed by atoms with van der Waals surface area (Å²) in [4.78, 5) is 0. The first-order valence-corrected chi connectivity index (χ1v) is 8.79. The van der Waals surface area contributed by atoms with Gasteiger partial charge in [-0.15, -0.1) is 0 Å². The highest BCUT2D eigenvalue weighted by Gasteiger charge is 2.33. The van der Waals surface area contributed by atoms with Crippen LogP contribution in [0.3, 0.4) is 0 Å². The molecule has 2 aromatic carbocycles. The molecule has 148 valence electrons. The summed E-state index contributed by atoms with van der Waals surface area (Å²) in [6, 6.07) is 6.59. The standard InChI is InChI=1S/C16H16O9S.H3N/c1-23-15-4-8(2-3-11(15)17)16-13(19)7-10-12(18)5-9(6-14(10)24-16)25-26(20,21)22;/h2-6,13,16-19H,7H2,1H3,(H,20,21,22);1H3/t13-,16-;/m1./s1. The smallest absolute Gasteiger partial charge is 0.446 e. The molecule has 0 amide bonds. The van der Waals surface area contributed by atoms with E-state index in [9.17, 15) is 23.7 Å². The summed E-state index contributed by atoms with van der Waals surface area (Å²) in [5.41, 5.74) is 0.764. The Morgan fingerprint density at radius 3 is 2.48 bits per heavy atom. The fourth-order valence-electron chi connectivity index (χ4n) is 2.78. The quantitative estimate of drug-likeness (QED) is 0.471. The molecular weight excluding hydrogens is 382 g/mol. The van der Waals surface area contributed by atoms with Gasteiger partial charge in [0.25, 0.3) is 0 Å². The third-order valence-corrected chi connectivity index (χ3v) is 4.31. The van der Waals surface area contributed by atoms with E-state index in [1.807, 2.05) is 0 Å². The highest BCUT2D eigenvalue weighted by atomic mass is 32.3. The first-order chi connectivity index (χ1) is 12.2. The molecule has 27 heavy (non-hydrogen) atoms. The van der Waals surface area contributed by atoms with Crippen molar-refractivity contribution in [1.29, 1.82) is 0 Å². The molecule has 0 aliphatic carbocycles. The van der Waals surface area contributed by atoms with Crippen LogP contribution < -0.4 is 19.8 Å². The lowest BCUT2D eigenvalue weighted by Gasteiger charge is -2.31. The van der Waals surface area contributed by atoms with Crippen LogP contribution >= 0.6 is 0 Å². The van der Waals surface area contributed by atoms with E-state index in [0.717, 1.165) is 6.07 Å². The summed E-state index contributed by atoms with van der Waals surface area (Å²) >= 11 is 0. The van der Waals surface area contributed by atoms with Gasteiger partial charge >= 0.3 is 10.4 Å². The van der Waals surface area contributed by atoms with Crippen molar-refractivity contribution in [2.24, 2.45) is 0 Å². The minimum Gasteiger partial charge on any atom is -0.507 e. The fourth-order valence-corrected chi connectivity index (χ4v) is 3.12. The van der Waals surface area contributed by atoms with E-state index in [0.29, 0.717) is 5.56 Å². The largest absolute Gasteiger partial charge is 0.507 e. The fraction of sp³-hybridized carbons (Fsp3) is 0.250. The van der Waals surface area contributed by atoms with Gasteiger partial charge in [0.2, 0.25) is 0 Å². The van der Waals surface area contributed by atoms with Crippen LogP contribution in [0.25, 0.3) is 0 Å². The summed E-state index contributed by atoms with van der Waals surface area (Å²) in [5, 5.41) is 30.1. The molecule has 7 N–H and O–H groups in total. The molecule has 0 radical (unpaired) electrons. The number of phenolic OH excluding ortho intramolecular Hbond substituents is 2. The van der Waals surface area contributed by atoms with E-state index >= 15 is 0 Å². The maximum Gasteiger partial charge on any atom is 0.446 e. The monoisotopic (exact) mass is 401 g/mol. The molecular formula is C16H19NO9S. The number of hydrogen-bond acceptors (Lipinski definition) is 9. The van der Waals surface area contributed by atoms with Crippen molar-refractivity contribution in [2.45, 2.75) is 18.6 Å². The maximum atomic E-state index is 10.9. The van der Waals surface area contributed by atoms with Gasteiger partial charge in [-0.25, -0.2) is 0 Å². The molecule has 0 saturated heterocycles. The zero-order valence-electron chi connectivity index (χ0n) is 14.2. The molecule has 0 aromatic heterocycles. The van der Waals surface area contributed by atoms with Gasteiger partial charge in [0.1, 0.15) is 17.6 Å². The van der Waals surface area contributed by atoms with Crippen LogP contribution in [0.2, 0.25) is 0 Å². The second-order valence-electron chi connectivity index (χ2n) is 5.67. The van der Waals surface area contributed by atoms with Gasteiger partial charge < -0.3 is 35.1 Å². The number of fused-ring (bicyclic) bond motifs is 1. The second-order valence-corrected chi connectivity index (χ2v) is 6.69. The molecule has 1 heterocycles. The van der Waals surface area contributed by atoms with Gasteiger partial charge in [-0.3, -0.25) is 4.55 Å². The number of phenols is 2. The molecule has 0 spiro atoms. The zero-order chi connectivity index (χ0) is 19.1. The predicted octanol–water partition coefficient (Wildman–Crippen LogP) is 1.49. The van der Waals surface area contributed by atoms with Crippen LogP contribution in [0.5, 0.6) is 28.7 Å². The molecule has 2 atom stereocenters. The highest BCUT2D eigenvalue weighted by molar-refractivity contribution is 7.81. The lowest BCUT2D eigenvalue weighted by Crippen LogP contribution is -2.30. The van der Waals surface area contributed by atoms with Gasteiger partial charge in [0.15, 0.2) is 17.2 Å². The van der Waals surface area contributed by atoms with Gasteiger partial charge in [-0.1, -0.05) is 6.07 Å². The summed E-state index contributed by atoms with van der Waals surface area (Å²) in [6.07, 6.45) is -1.85. The average molecular weight is 401 g/mol. The molecule has 3 rings (SSSR count). The molecule has 1 aliphatic heterocycles. The second kappa shape index (κ2) is 7.48. The van der Waals surface area contributed by atoms with Crippen molar-refractivity contribution in [2.75, 3.05) is 7.11 Å². The SMILES string of the molecule is COc1cc([C@H]2Oc3cc(OS(=O)(=O)O)cc(O)c3C[C@H]2O)ccc1O.N. The van der Waals surface area contributed by atoms with Crippen molar-refractivity contribution < 1.29 is 41.9 Å². The Kier molecular flexibility index (Phi) is 5.70. The molecule has 10 nitrogen and oxygen atoms in total. The average Bonchev–Trinajstić information content (AvgIpc) is 2.54. The number of ether oxygens (including phenoxy) is 2. The normalized spacial score (nSPS) is 18.6. The van der Waals surface area contributed by atoms with Crippen molar-refractivity contribution >= 4 is 10.4 Å². The Labute approximate surface area is 155 Å². The predicted molar refractivity (Wildman–Crippen MR) is 93.0 cm³/mol. The molecule has 0 saturated carbocycles. The van der Waals surface area contributed by atoms with Crippen LogP contribution in [0.15, 0.2) is 30.3 Å². The number of aliphatic hydroxyl groups is 1. The third-order valence-electron chi connectivity index (χ3n) is 3.91. The van der Waals surface area contributed by atoms with Gasteiger partial charge in [-0.05, 0) is 17.7 Å². The van der Waals surface area contributed by atoms with Gasteiger partial charge in [0, 0.05) is 24.1 Å². The lowest BCUT2D eigenvalue weighted by molar-refractivity contribution is 0.0197. The van der Waals surface area contributed by atoms with Crippen molar-refractivity contribution in [3.63, 3.8) is 0 Å². The number of benzene rings is 2. The first kappa shape index (κ1) is 20.6. The van der Waals surface area contributed by atoms with E-state index < -0.39 is 22.6 Å². The molecule has 0 unspecified atom stereocenters. The Balaban J connectivity index is 0.00000261. The summed E-state index contributed by atoms with van der Waals surface area (Å²) in [5.74, 6) is -0.492. The minimum absolute atomic E-state index is 0. The van der Waals surface area contributed by atoms with Crippen LogP contribution in [-0.4, -0.2) is 41.5 Å². The van der Waals surface area contributed by atoms with Crippen LogP contribution in [0.1, 0.15) is 17.2 Å². The Hall–Kier alpha value is -2.73. The third kappa shape index (κ3) is 4.34. The number of rotatable bonds is 4. The molecule has 0 fully saturated rings. The topological polar surface area (TPSA) is 178 Å². The van der Waals surface area contributed by atoms with Crippen molar-refractivity contribution in [3.8, 4) is 28.7 Å². The van der Waals surface area contributed by atoms with Gasteiger partial charge in [-0.2, -0.15) is 8.42 Å². The number of methoxy groups -OCH3 is 1. The molecule has 1 aliphatic rings. The number of aliphatic hydroxyl groups excluding tert-OH is 1. The van der Waals surface area contributed by atoms with E-state index in [1.54, 1.807) is 0 Å². The summed E-state index contributed by atoms with van der Waals surface area (Å²) < 4.78 is 45.6. The summed E-state index contributed by atoms with van der Waals surface area (Å²) in [6.45, 7) is 0. The van der Waals surface area contributed by atoms with Gasteiger partial charge in [0.05, 0.1) is 13.2 Å². The maximum absolute atomic E-state index is 10.9. The van der Waals surface area contributed by atoms with E-state index in [-0.39, 0.29) is 46.9 Å². The Bertz CT molecular complexity index is 945. The van der Waals surface area contributed by atoms with E-state index in [4.69, 9.17) is 14.0 Å². The van der Waals surface area contributed by atoms with Crippen LogP contribution in [0.4, 0.5) is 0 Å². The molecule has 11 heteroatoms. The minimum atomic E-state index is -4.77. The number of aromatic hydroxyl groups is 2. The number of hydrogen-bond donors (Lipinski definition) is 5. The first-order valence-electron chi connectivity index (χ1n) is 7.42. The Morgan fingerprint density at radius 1 is 1.15 bits per heavy atom. The van der Waals surface area contributed by atoms with Crippen molar-refractivity contribution in [3.05, 3.63) is 41.5 Å².